The van der Waals surface area contributed by atoms with Gasteiger partial charge in [-0.2, -0.15) is 0 Å². The minimum Gasteiger partial charge on any atom is -0.493 e. The summed E-state index contributed by atoms with van der Waals surface area (Å²) in [6.07, 6.45) is 0. The van der Waals surface area contributed by atoms with E-state index in [1.54, 1.807) is 33.5 Å². The highest BCUT2D eigenvalue weighted by Crippen LogP contribution is 2.57. The van der Waals surface area contributed by atoms with Crippen molar-refractivity contribution in [1.29, 1.82) is 0 Å². The molecule has 0 fully saturated rings. The molecule has 0 saturated heterocycles. The first-order valence-corrected chi connectivity index (χ1v) is 11.5. The van der Waals surface area contributed by atoms with Crippen LogP contribution in [0.4, 0.5) is 0 Å². The molecule has 2 rings (SSSR count). The van der Waals surface area contributed by atoms with Gasteiger partial charge in [0.25, 0.3) is 0 Å². The Bertz CT molecular complexity index is 834. The van der Waals surface area contributed by atoms with E-state index >= 15 is 0 Å². The summed E-state index contributed by atoms with van der Waals surface area (Å²) >= 11 is 0. The Morgan fingerprint density at radius 1 is 0.897 bits per heavy atom. The van der Waals surface area contributed by atoms with Crippen molar-refractivity contribution in [3.8, 4) is 17.2 Å². The average Bonchev–Trinajstić information content (AvgIpc) is 2.70. The Labute approximate surface area is 175 Å². The van der Waals surface area contributed by atoms with Crippen LogP contribution >= 0.6 is 7.29 Å². The maximum Gasteiger partial charge on any atom is 0.203 e. The van der Waals surface area contributed by atoms with Gasteiger partial charge in [0.15, 0.2) is 18.8 Å². The van der Waals surface area contributed by atoms with Gasteiger partial charge in [0.1, 0.15) is 0 Å². The van der Waals surface area contributed by atoms with E-state index in [-0.39, 0.29) is 12.0 Å². The summed E-state index contributed by atoms with van der Waals surface area (Å²) in [5.41, 5.74) is 1.11. The molecule has 0 radical (unpaired) electrons. The van der Waals surface area contributed by atoms with Crippen LogP contribution < -0.4 is 24.6 Å². The highest BCUT2D eigenvalue weighted by Gasteiger charge is 2.41. The Morgan fingerprint density at radius 3 is 1.79 bits per heavy atom. The quantitative estimate of drug-likeness (QED) is 0.581. The lowest BCUT2D eigenvalue weighted by atomic mass is 9.97. The zero-order valence-corrected chi connectivity index (χ0v) is 19.7. The van der Waals surface area contributed by atoms with Crippen molar-refractivity contribution < 1.29 is 18.8 Å². The molecule has 0 saturated carbocycles. The molecule has 2 aromatic rings. The second kappa shape index (κ2) is 9.23. The van der Waals surface area contributed by atoms with Crippen LogP contribution in [-0.2, 0) is 4.57 Å². The molecule has 0 bridgehead atoms. The monoisotopic (exact) mass is 419 g/mol. The number of benzene rings is 2. The predicted octanol–water partition coefficient (Wildman–Crippen LogP) is 5.40. The summed E-state index contributed by atoms with van der Waals surface area (Å²) in [6, 6.07) is 13.7. The average molecular weight is 420 g/mol. The van der Waals surface area contributed by atoms with Crippen LogP contribution in [0.25, 0.3) is 0 Å². The first kappa shape index (κ1) is 23.3. The molecule has 6 heteroatoms. The van der Waals surface area contributed by atoms with Gasteiger partial charge >= 0.3 is 0 Å². The minimum atomic E-state index is -3.11. The van der Waals surface area contributed by atoms with Crippen LogP contribution in [0.3, 0.4) is 0 Å². The van der Waals surface area contributed by atoms with Crippen molar-refractivity contribution in [2.75, 3.05) is 21.3 Å². The summed E-state index contributed by atoms with van der Waals surface area (Å²) in [5, 5.41) is 3.67. The number of ether oxygens (including phenoxy) is 3. The molecule has 0 aliphatic rings. The highest BCUT2D eigenvalue weighted by atomic mass is 31.2. The molecule has 0 aliphatic heterocycles. The molecule has 1 N–H and O–H groups in total. The van der Waals surface area contributed by atoms with E-state index in [1.165, 1.54) is 0 Å². The lowest BCUT2D eigenvalue weighted by Gasteiger charge is -2.37. The van der Waals surface area contributed by atoms with Gasteiger partial charge in [-0.05, 0) is 23.6 Å². The maximum atomic E-state index is 14.6. The largest absolute Gasteiger partial charge is 0.493 e. The smallest absolute Gasteiger partial charge is 0.203 e. The van der Waals surface area contributed by atoms with Gasteiger partial charge in [0.2, 0.25) is 5.75 Å². The van der Waals surface area contributed by atoms with E-state index in [4.69, 9.17) is 14.2 Å². The Hall–Kier alpha value is -1.97. The predicted molar refractivity (Wildman–Crippen MR) is 120 cm³/mol. The fourth-order valence-corrected chi connectivity index (χ4v) is 6.12. The van der Waals surface area contributed by atoms with Crippen molar-refractivity contribution in [3.63, 3.8) is 0 Å². The number of hydrogen-bond acceptors (Lipinski definition) is 4. The molecule has 1 unspecified atom stereocenters. The van der Waals surface area contributed by atoms with Crippen LogP contribution in [0.15, 0.2) is 42.5 Å². The van der Waals surface area contributed by atoms with Gasteiger partial charge in [-0.25, -0.2) is 0 Å². The molecule has 2 aromatic carbocycles. The zero-order chi connectivity index (χ0) is 21.8. The maximum absolute atomic E-state index is 14.6. The zero-order valence-electron chi connectivity index (χ0n) is 18.8. The number of methoxy groups -OCH3 is 3. The van der Waals surface area contributed by atoms with Gasteiger partial charge in [-0.15, -0.1) is 0 Å². The molecule has 5 nitrogen and oxygen atoms in total. The minimum absolute atomic E-state index is 0.0691. The summed E-state index contributed by atoms with van der Waals surface area (Å²) in [4.78, 5) is 0. The third kappa shape index (κ3) is 4.79. The Balaban J connectivity index is 2.66. The Morgan fingerprint density at radius 2 is 1.41 bits per heavy atom. The third-order valence-electron chi connectivity index (χ3n) is 5.10. The number of rotatable bonds is 8. The fraction of sp³-hybridized carbons (Fsp3) is 0.478. The van der Waals surface area contributed by atoms with Crippen molar-refractivity contribution in [2.24, 2.45) is 5.92 Å². The van der Waals surface area contributed by atoms with E-state index in [2.05, 4.69) is 31.1 Å². The molecule has 0 aliphatic carbocycles. The molecule has 0 aromatic heterocycles. The number of hydrogen-bond donors (Lipinski definition) is 1. The fourth-order valence-electron chi connectivity index (χ4n) is 3.37. The first-order chi connectivity index (χ1) is 13.6. The van der Waals surface area contributed by atoms with E-state index in [0.29, 0.717) is 22.6 Å². The lowest BCUT2D eigenvalue weighted by Crippen LogP contribution is -2.36. The second-order valence-electron chi connectivity index (χ2n) is 8.43. The second-order valence-corrected chi connectivity index (χ2v) is 11.8. The standard InChI is InChI=1S/C23H34NO4P/c1-16(2)21(17-12-10-9-11-13-17)24-29(25,23(3,4)5)18-14-19(26-6)22(28-8)20(15-18)27-7/h9-16,21H,1-8H3,(H,24,25)/t21-,29?/m1/s1. The highest BCUT2D eigenvalue weighted by molar-refractivity contribution is 7.71. The number of nitrogens with one attached hydrogen (secondary N) is 1. The SMILES string of the molecule is COc1cc(P(=O)(N[C@@H](c2ccccc2)C(C)C)C(C)(C)C)cc(OC)c1OC. The van der Waals surface area contributed by atoms with Gasteiger partial charge in [-0.3, -0.25) is 5.09 Å². The normalized spacial score (nSPS) is 14.9. The summed E-state index contributed by atoms with van der Waals surface area (Å²) in [7, 11) is 1.59. The van der Waals surface area contributed by atoms with Crippen LogP contribution in [0.1, 0.15) is 46.2 Å². The van der Waals surface area contributed by atoms with Crippen molar-refractivity contribution in [1.82, 2.24) is 5.09 Å². The summed E-state index contributed by atoms with van der Waals surface area (Å²) in [5.74, 6) is 1.72. The van der Waals surface area contributed by atoms with Gasteiger partial charge in [0, 0.05) is 16.5 Å². The summed E-state index contributed by atoms with van der Waals surface area (Å²) < 4.78 is 31.1. The molecule has 0 heterocycles. The third-order valence-corrected chi connectivity index (χ3v) is 8.62. The molecule has 2 atom stereocenters. The molecule has 0 spiro atoms. The Kier molecular flexibility index (Phi) is 7.42. The van der Waals surface area contributed by atoms with E-state index in [1.807, 2.05) is 39.0 Å². The topological polar surface area (TPSA) is 56.8 Å². The van der Waals surface area contributed by atoms with Crippen LogP contribution in [0.2, 0.25) is 0 Å². The molecule has 29 heavy (non-hydrogen) atoms. The molecular weight excluding hydrogens is 385 g/mol. The van der Waals surface area contributed by atoms with Crippen LogP contribution in [0, 0.1) is 5.92 Å². The van der Waals surface area contributed by atoms with Crippen molar-refractivity contribution in [3.05, 3.63) is 48.0 Å². The lowest BCUT2D eigenvalue weighted by molar-refractivity contribution is 0.325. The van der Waals surface area contributed by atoms with Crippen molar-refractivity contribution in [2.45, 2.75) is 45.8 Å². The van der Waals surface area contributed by atoms with Gasteiger partial charge in [-0.1, -0.05) is 65.0 Å². The van der Waals surface area contributed by atoms with Gasteiger partial charge < -0.3 is 18.8 Å². The van der Waals surface area contributed by atoms with Crippen LogP contribution in [-0.4, -0.2) is 26.5 Å². The van der Waals surface area contributed by atoms with Crippen molar-refractivity contribution >= 4 is 12.6 Å². The van der Waals surface area contributed by atoms with Crippen LogP contribution in [0.5, 0.6) is 17.2 Å². The summed E-state index contributed by atoms with van der Waals surface area (Å²) in [6.45, 7) is 10.2. The first-order valence-electron chi connectivity index (χ1n) is 9.82. The van der Waals surface area contributed by atoms with Gasteiger partial charge in [0.05, 0.1) is 21.3 Å². The molecule has 160 valence electrons. The molecular formula is C23H34NO4P. The van der Waals surface area contributed by atoms with E-state index in [9.17, 15) is 4.57 Å². The molecule has 0 amide bonds. The van der Waals surface area contributed by atoms with E-state index < -0.39 is 12.4 Å². The van der Waals surface area contributed by atoms with E-state index in [0.717, 1.165) is 5.56 Å².